The number of amides is 2. The summed E-state index contributed by atoms with van der Waals surface area (Å²) in [5.41, 5.74) is 2.95. The molecule has 28 heavy (non-hydrogen) atoms. The maximum atomic E-state index is 12.5. The van der Waals surface area contributed by atoms with E-state index in [-0.39, 0.29) is 11.8 Å². The number of benzene rings is 2. The molecule has 2 amide bonds. The highest BCUT2D eigenvalue weighted by molar-refractivity contribution is 7.98. The fourth-order valence-electron chi connectivity index (χ4n) is 2.46. The van der Waals surface area contributed by atoms with Crippen LogP contribution in [0.2, 0.25) is 0 Å². The highest BCUT2D eigenvalue weighted by Crippen LogP contribution is 2.24. The first-order valence-electron chi connectivity index (χ1n) is 8.88. The van der Waals surface area contributed by atoms with E-state index < -0.39 is 0 Å². The Kier molecular flexibility index (Phi) is 6.84. The number of nitrogens with one attached hydrogen (secondary N) is 2. The predicted molar refractivity (Wildman–Crippen MR) is 116 cm³/mol. The minimum atomic E-state index is -0.189. The van der Waals surface area contributed by atoms with Gasteiger partial charge in [-0.15, -0.1) is 23.1 Å². The fourth-order valence-corrected chi connectivity index (χ4v) is 3.97. The zero-order chi connectivity index (χ0) is 19.9. The van der Waals surface area contributed by atoms with E-state index in [4.69, 9.17) is 0 Å². The minimum Gasteiger partial charge on any atom is -0.326 e. The number of rotatable bonds is 7. The summed E-state index contributed by atoms with van der Waals surface area (Å²) in [6, 6.07) is 14.6. The van der Waals surface area contributed by atoms with Gasteiger partial charge in [0.2, 0.25) is 5.91 Å². The third kappa shape index (κ3) is 5.68. The van der Waals surface area contributed by atoms with Crippen molar-refractivity contribution in [2.75, 3.05) is 10.6 Å². The first kappa shape index (κ1) is 20.1. The van der Waals surface area contributed by atoms with Crippen LogP contribution in [0.25, 0.3) is 0 Å². The van der Waals surface area contributed by atoms with E-state index in [1.807, 2.05) is 31.2 Å². The Balaban J connectivity index is 1.58. The molecule has 3 rings (SSSR count). The van der Waals surface area contributed by atoms with Crippen molar-refractivity contribution in [3.8, 4) is 0 Å². The number of anilines is 2. The number of hydrogen-bond donors (Lipinski definition) is 2. The molecule has 0 unspecified atom stereocenters. The lowest BCUT2D eigenvalue weighted by Crippen LogP contribution is -2.13. The SMILES string of the molecule is CCC(=O)Nc1cccc(NC(=O)c2ccc(SCc3csc(C)n3)cc2)c1. The van der Waals surface area contributed by atoms with Gasteiger partial charge in [0, 0.05) is 39.4 Å². The lowest BCUT2D eigenvalue weighted by molar-refractivity contribution is -0.115. The molecule has 1 heterocycles. The van der Waals surface area contributed by atoms with E-state index in [1.165, 1.54) is 0 Å². The van der Waals surface area contributed by atoms with Crippen molar-refractivity contribution in [2.24, 2.45) is 0 Å². The molecule has 0 aliphatic carbocycles. The molecule has 3 aromatic rings. The fraction of sp³-hybridized carbons (Fsp3) is 0.190. The maximum absolute atomic E-state index is 12.5. The number of aromatic nitrogens is 1. The van der Waals surface area contributed by atoms with Crippen LogP contribution < -0.4 is 10.6 Å². The molecule has 0 bridgehead atoms. The molecule has 0 spiro atoms. The van der Waals surface area contributed by atoms with Crippen LogP contribution in [-0.2, 0) is 10.5 Å². The zero-order valence-electron chi connectivity index (χ0n) is 15.7. The molecule has 0 fully saturated rings. The van der Waals surface area contributed by atoms with Crippen LogP contribution in [0.1, 0.15) is 34.4 Å². The highest BCUT2D eigenvalue weighted by Gasteiger charge is 2.08. The molecular formula is C21H21N3O2S2. The van der Waals surface area contributed by atoms with E-state index in [0.717, 1.165) is 21.3 Å². The largest absolute Gasteiger partial charge is 0.326 e. The van der Waals surface area contributed by atoms with Crippen molar-refractivity contribution in [1.29, 1.82) is 0 Å². The van der Waals surface area contributed by atoms with Gasteiger partial charge in [0.25, 0.3) is 5.91 Å². The van der Waals surface area contributed by atoms with Crippen LogP contribution in [0.5, 0.6) is 0 Å². The molecule has 2 N–H and O–H groups in total. The summed E-state index contributed by atoms with van der Waals surface area (Å²) in [6.07, 6.45) is 0.406. The van der Waals surface area contributed by atoms with Crippen LogP contribution in [-0.4, -0.2) is 16.8 Å². The van der Waals surface area contributed by atoms with Crippen LogP contribution in [0.4, 0.5) is 11.4 Å². The zero-order valence-corrected chi connectivity index (χ0v) is 17.3. The summed E-state index contributed by atoms with van der Waals surface area (Å²) in [6.45, 7) is 3.79. The van der Waals surface area contributed by atoms with E-state index in [9.17, 15) is 9.59 Å². The number of thiazole rings is 1. The van der Waals surface area contributed by atoms with Gasteiger partial charge in [-0.05, 0) is 49.4 Å². The van der Waals surface area contributed by atoms with E-state index in [2.05, 4.69) is 21.0 Å². The number of aryl methyl sites for hydroxylation is 1. The van der Waals surface area contributed by atoms with Gasteiger partial charge in [-0.25, -0.2) is 4.98 Å². The molecule has 2 aromatic carbocycles. The van der Waals surface area contributed by atoms with Crippen LogP contribution in [0.3, 0.4) is 0 Å². The molecule has 0 radical (unpaired) electrons. The molecule has 144 valence electrons. The first-order chi connectivity index (χ1) is 13.5. The molecule has 1 aromatic heterocycles. The van der Waals surface area contributed by atoms with Crippen molar-refractivity contribution >= 4 is 46.3 Å². The highest BCUT2D eigenvalue weighted by atomic mass is 32.2. The van der Waals surface area contributed by atoms with Gasteiger partial charge in [0.05, 0.1) is 10.7 Å². The molecule has 0 aliphatic heterocycles. The Hall–Kier alpha value is -2.64. The molecule has 7 heteroatoms. The van der Waals surface area contributed by atoms with Gasteiger partial charge in [-0.2, -0.15) is 0 Å². The quantitative estimate of drug-likeness (QED) is 0.515. The number of hydrogen-bond acceptors (Lipinski definition) is 5. The molecular weight excluding hydrogens is 390 g/mol. The Labute approximate surface area is 172 Å². The molecule has 0 saturated heterocycles. The van der Waals surface area contributed by atoms with Gasteiger partial charge < -0.3 is 10.6 Å². The molecule has 0 atom stereocenters. The third-order valence-electron chi connectivity index (χ3n) is 3.90. The number of thioether (sulfide) groups is 1. The summed E-state index contributed by atoms with van der Waals surface area (Å²) < 4.78 is 0. The second-order valence-electron chi connectivity index (χ2n) is 6.11. The van der Waals surface area contributed by atoms with E-state index in [1.54, 1.807) is 54.3 Å². The van der Waals surface area contributed by atoms with E-state index in [0.29, 0.717) is 23.4 Å². The topological polar surface area (TPSA) is 71.1 Å². The second-order valence-corrected chi connectivity index (χ2v) is 8.22. The smallest absolute Gasteiger partial charge is 0.255 e. The second kappa shape index (κ2) is 9.52. The van der Waals surface area contributed by atoms with Gasteiger partial charge in [0.1, 0.15) is 0 Å². The van der Waals surface area contributed by atoms with Gasteiger partial charge in [-0.1, -0.05) is 13.0 Å². The Bertz CT molecular complexity index is 968. The standard InChI is InChI=1S/C21H21N3O2S2/c1-3-20(25)23-16-5-4-6-17(11-16)24-21(26)15-7-9-19(10-8-15)28-13-18-12-27-14(2)22-18/h4-12H,3,13H2,1-2H3,(H,23,25)(H,24,26). The average Bonchev–Trinajstić information content (AvgIpc) is 3.12. The maximum Gasteiger partial charge on any atom is 0.255 e. The first-order valence-corrected chi connectivity index (χ1v) is 10.7. The van der Waals surface area contributed by atoms with Crippen LogP contribution >= 0.6 is 23.1 Å². The number of carbonyl (C=O) groups excluding carboxylic acids is 2. The lowest BCUT2D eigenvalue weighted by Gasteiger charge is -2.09. The molecule has 5 nitrogen and oxygen atoms in total. The van der Waals surface area contributed by atoms with Crippen molar-refractivity contribution in [1.82, 2.24) is 4.98 Å². The van der Waals surface area contributed by atoms with Crippen molar-refractivity contribution < 1.29 is 9.59 Å². The van der Waals surface area contributed by atoms with Crippen LogP contribution in [0.15, 0.2) is 58.8 Å². The van der Waals surface area contributed by atoms with Crippen LogP contribution in [0, 0.1) is 6.92 Å². The molecule has 0 aliphatic rings. The average molecular weight is 412 g/mol. The number of carbonyl (C=O) groups is 2. The minimum absolute atomic E-state index is 0.0654. The lowest BCUT2D eigenvalue weighted by atomic mass is 10.2. The van der Waals surface area contributed by atoms with Crippen molar-refractivity contribution in [3.05, 3.63) is 70.2 Å². The Morgan fingerprint density at radius 1 is 1.07 bits per heavy atom. The molecule has 0 saturated carbocycles. The van der Waals surface area contributed by atoms with Gasteiger partial charge >= 0.3 is 0 Å². The van der Waals surface area contributed by atoms with E-state index >= 15 is 0 Å². The van der Waals surface area contributed by atoms with Crippen molar-refractivity contribution in [3.63, 3.8) is 0 Å². The number of nitrogens with zero attached hydrogens (tertiary/aromatic N) is 1. The van der Waals surface area contributed by atoms with Crippen molar-refractivity contribution in [2.45, 2.75) is 30.9 Å². The normalized spacial score (nSPS) is 10.5. The summed E-state index contributed by atoms with van der Waals surface area (Å²) in [7, 11) is 0. The van der Waals surface area contributed by atoms with Gasteiger partial charge in [0.15, 0.2) is 0 Å². The predicted octanol–water partition coefficient (Wildman–Crippen LogP) is 5.34. The summed E-state index contributed by atoms with van der Waals surface area (Å²) in [5, 5.41) is 8.79. The summed E-state index contributed by atoms with van der Waals surface area (Å²) >= 11 is 3.34. The summed E-state index contributed by atoms with van der Waals surface area (Å²) in [5.74, 6) is 0.557. The third-order valence-corrected chi connectivity index (χ3v) is 5.76. The van der Waals surface area contributed by atoms with Gasteiger partial charge in [-0.3, -0.25) is 9.59 Å². The Morgan fingerprint density at radius 3 is 2.43 bits per heavy atom. The summed E-state index contributed by atoms with van der Waals surface area (Å²) in [4.78, 5) is 29.5. The monoisotopic (exact) mass is 411 g/mol. The Morgan fingerprint density at radius 2 is 1.79 bits per heavy atom.